The Morgan fingerprint density at radius 1 is 1.19 bits per heavy atom. The summed E-state index contributed by atoms with van der Waals surface area (Å²) in [5.41, 5.74) is 8.12. The van der Waals surface area contributed by atoms with Crippen molar-refractivity contribution in [2.45, 2.75) is 52.2 Å². The van der Waals surface area contributed by atoms with Gasteiger partial charge in [-0.2, -0.15) is 0 Å². The summed E-state index contributed by atoms with van der Waals surface area (Å²) in [6, 6.07) is 3.93. The summed E-state index contributed by atoms with van der Waals surface area (Å²) in [6.45, 7) is 6.99. The molecule has 9 heteroatoms. The van der Waals surface area contributed by atoms with Gasteiger partial charge in [0.05, 0.1) is 12.6 Å². The van der Waals surface area contributed by atoms with Crippen molar-refractivity contribution < 1.29 is 30.0 Å². The van der Waals surface area contributed by atoms with Gasteiger partial charge in [-0.25, -0.2) is 0 Å². The number of hydrogen-bond donors (Lipinski definition) is 6. The fourth-order valence-electron chi connectivity index (χ4n) is 3.73. The van der Waals surface area contributed by atoms with Gasteiger partial charge in [-0.15, -0.1) is 0 Å². The van der Waals surface area contributed by atoms with Crippen molar-refractivity contribution in [1.82, 2.24) is 5.32 Å². The number of phenols is 3. The van der Waals surface area contributed by atoms with E-state index in [9.17, 15) is 25.2 Å². The summed E-state index contributed by atoms with van der Waals surface area (Å²) in [5.74, 6) is -0.459. The molecule has 0 aromatic heterocycles. The fourth-order valence-corrected chi connectivity index (χ4v) is 3.73. The Hall–Kier alpha value is -3.46. The molecule has 2 aromatic rings. The third-order valence-electron chi connectivity index (χ3n) is 6.06. The molecule has 0 aliphatic carbocycles. The van der Waals surface area contributed by atoms with Crippen LogP contribution in [0.4, 0.5) is 0 Å². The van der Waals surface area contributed by atoms with Crippen LogP contribution in [-0.4, -0.2) is 44.4 Å². The number of hydrogen-bond acceptors (Lipinski definition) is 7. The van der Waals surface area contributed by atoms with E-state index >= 15 is 0 Å². The van der Waals surface area contributed by atoms with Crippen LogP contribution in [0.1, 0.15) is 47.3 Å². The number of fused-ring (bicyclic) bond motifs is 1. The second-order valence-corrected chi connectivity index (χ2v) is 8.31. The van der Waals surface area contributed by atoms with Gasteiger partial charge in [0.2, 0.25) is 0 Å². The predicted molar refractivity (Wildman–Crippen MR) is 119 cm³/mol. The number of carbonyl (C=O) groups is 1. The molecule has 1 amide bonds. The Morgan fingerprint density at radius 3 is 2.53 bits per heavy atom. The molecule has 0 fully saturated rings. The molecule has 1 aliphatic rings. The Labute approximate surface area is 186 Å². The van der Waals surface area contributed by atoms with E-state index in [-0.39, 0.29) is 29.8 Å². The monoisotopic (exact) mass is 443 g/mol. The average molecular weight is 444 g/mol. The summed E-state index contributed by atoms with van der Waals surface area (Å²) in [5, 5.41) is 42.0. The molecule has 0 bridgehead atoms. The largest absolute Gasteiger partial charge is 0.507 e. The van der Waals surface area contributed by atoms with Gasteiger partial charge in [0.15, 0.2) is 23.1 Å². The van der Waals surface area contributed by atoms with E-state index in [4.69, 9.17) is 10.5 Å². The van der Waals surface area contributed by atoms with Gasteiger partial charge in [-0.05, 0) is 68.5 Å². The smallest absolute Gasteiger partial charge is 0.270 e. The second-order valence-electron chi connectivity index (χ2n) is 8.31. The number of phenolic OH excluding ortho intramolecular Hbond substituents is 3. The summed E-state index contributed by atoms with van der Waals surface area (Å²) in [4.78, 5) is 16.9. The zero-order valence-corrected chi connectivity index (χ0v) is 18.6. The van der Waals surface area contributed by atoms with E-state index in [1.807, 2.05) is 13.8 Å². The summed E-state index contributed by atoms with van der Waals surface area (Å²) in [7, 11) is 0. The minimum Gasteiger partial charge on any atom is -0.507 e. The molecule has 7 N–H and O–H groups in total. The predicted octanol–water partition coefficient (Wildman–Crippen LogP) is 1.98. The van der Waals surface area contributed by atoms with Crippen molar-refractivity contribution >= 4 is 11.9 Å². The number of aliphatic hydroxyl groups excluding tert-OH is 1. The van der Waals surface area contributed by atoms with Gasteiger partial charge in [0, 0.05) is 12.0 Å². The second kappa shape index (κ2) is 8.58. The molecule has 9 nitrogen and oxygen atoms in total. The topological polar surface area (TPSA) is 158 Å². The number of amides is 1. The molecule has 0 radical (unpaired) electrons. The highest BCUT2D eigenvalue weighted by Gasteiger charge is 2.41. The van der Waals surface area contributed by atoms with Crippen LogP contribution >= 0.6 is 0 Å². The molecule has 1 aliphatic heterocycles. The van der Waals surface area contributed by atoms with E-state index in [1.165, 1.54) is 18.2 Å². The fraction of sp³-hybridized carbons (Fsp3) is 0.391. The lowest BCUT2D eigenvalue weighted by molar-refractivity contribution is -0.135. The Morgan fingerprint density at radius 2 is 1.88 bits per heavy atom. The molecule has 0 spiro atoms. The number of guanidine groups is 1. The number of nitrogens with two attached hydrogens (primary N) is 1. The van der Waals surface area contributed by atoms with Crippen LogP contribution in [-0.2, 0) is 11.2 Å². The first-order valence-corrected chi connectivity index (χ1v) is 10.3. The van der Waals surface area contributed by atoms with E-state index in [1.54, 1.807) is 13.8 Å². The molecule has 1 heterocycles. The van der Waals surface area contributed by atoms with Gasteiger partial charge >= 0.3 is 0 Å². The number of aliphatic hydroxyl groups is 1. The molecule has 2 atom stereocenters. The van der Waals surface area contributed by atoms with Crippen LogP contribution in [0.2, 0.25) is 0 Å². The SMILES string of the molecule is Cc1c(C)c2c(c(C)c1O)CCC(C)(C(=O)NC(N)=NC[C@H](O)c1ccc(O)c(O)c1)O2. The first-order chi connectivity index (χ1) is 14.9. The van der Waals surface area contributed by atoms with Gasteiger partial charge in [-0.1, -0.05) is 6.07 Å². The maximum absolute atomic E-state index is 12.9. The molecule has 0 saturated heterocycles. The maximum atomic E-state index is 12.9. The molecular formula is C23H29N3O6. The van der Waals surface area contributed by atoms with Crippen LogP contribution in [0.25, 0.3) is 0 Å². The highest BCUT2D eigenvalue weighted by molar-refractivity contribution is 6.00. The lowest BCUT2D eigenvalue weighted by Gasteiger charge is -2.36. The molecule has 0 saturated carbocycles. The normalized spacial score (nSPS) is 19.1. The van der Waals surface area contributed by atoms with Crippen LogP contribution in [0.15, 0.2) is 23.2 Å². The van der Waals surface area contributed by atoms with E-state index in [0.29, 0.717) is 29.7 Å². The third kappa shape index (κ3) is 4.29. The first-order valence-electron chi connectivity index (χ1n) is 10.3. The van der Waals surface area contributed by atoms with Gasteiger partial charge in [0.1, 0.15) is 11.5 Å². The molecule has 172 valence electrons. The zero-order valence-electron chi connectivity index (χ0n) is 18.6. The highest BCUT2D eigenvalue weighted by Crippen LogP contribution is 2.43. The van der Waals surface area contributed by atoms with Crippen molar-refractivity contribution in [3.63, 3.8) is 0 Å². The van der Waals surface area contributed by atoms with Crippen LogP contribution in [0.5, 0.6) is 23.0 Å². The van der Waals surface area contributed by atoms with E-state index in [2.05, 4.69) is 10.3 Å². The van der Waals surface area contributed by atoms with Crippen LogP contribution in [0, 0.1) is 20.8 Å². The van der Waals surface area contributed by atoms with Crippen molar-refractivity contribution in [2.75, 3.05) is 6.54 Å². The lowest BCUT2D eigenvalue weighted by Crippen LogP contribution is -2.54. The zero-order chi connectivity index (χ0) is 23.8. The lowest BCUT2D eigenvalue weighted by atomic mass is 9.86. The molecular weight excluding hydrogens is 414 g/mol. The molecule has 2 aromatic carbocycles. The number of aromatic hydroxyl groups is 3. The van der Waals surface area contributed by atoms with Gasteiger partial charge in [-0.3, -0.25) is 15.1 Å². The summed E-state index contributed by atoms with van der Waals surface area (Å²) < 4.78 is 6.11. The quantitative estimate of drug-likeness (QED) is 0.239. The van der Waals surface area contributed by atoms with Crippen molar-refractivity contribution in [3.8, 4) is 23.0 Å². The van der Waals surface area contributed by atoms with Gasteiger partial charge in [0.25, 0.3) is 5.91 Å². The summed E-state index contributed by atoms with van der Waals surface area (Å²) >= 11 is 0. The number of nitrogens with zero attached hydrogens (tertiary/aromatic N) is 1. The Balaban J connectivity index is 1.70. The van der Waals surface area contributed by atoms with Gasteiger partial charge < -0.3 is 30.9 Å². The number of benzene rings is 2. The van der Waals surface area contributed by atoms with Crippen molar-refractivity contribution in [3.05, 3.63) is 46.0 Å². The standard InChI is InChI=1S/C23H29N3O6/c1-11-12(2)20-15(13(3)19(11)30)7-8-23(4,32-20)21(31)26-22(24)25-10-18(29)14-5-6-16(27)17(28)9-14/h5-6,9,18,27-30H,7-8,10H2,1-4H3,(H3,24,25,26,31)/t18-,23?/m0/s1. The van der Waals surface area contributed by atoms with Crippen molar-refractivity contribution in [1.29, 1.82) is 0 Å². The number of nitrogens with one attached hydrogen (secondary N) is 1. The minimum absolute atomic E-state index is 0.159. The average Bonchev–Trinajstić information content (AvgIpc) is 2.76. The molecule has 3 rings (SSSR count). The number of rotatable bonds is 4. The molecule has 1 unspecified atom stereocenters. The maximum Gasteiger partial charge on any atom is 0.270 e. The number of ether oxygens (including phenoxy) is 1. The van der Waals surface area contributed by atoms with Crippen molar-refractivity contribution in [2.24, 2.45) is 10.7 Å². The van der Waals surface area contributed by atoms with E-state index < -0.39 is 17.6 Å². The number of carbonyl (C=O) groups excluding carboxylic acids is 1. The van der Waals surface area contributed by atoms with Crippen LogP contribution in [0.3, 0.4) is 0 Å². The summed E-state index contributed by atoms with van der Waals surface area (Å²) in [6.07, 6.45) is -0.149. The third-order valence-corrected chi connectivity index (χ3v) is 6.06. The number of aliphatic imine (C=N–C) groups is 1. The van der Waals surface area contributed by atoms with E-state index in [0.717, 1.165) is 16.7 Å². The first kappa shape index (κ1) is 23.2. The Bertz CT molecular complexity index is 1100. The van der Waals surface area contributed by atoms with Crippen LogP contribution < -0.4 is 15.8 Å². The Kier molecular flexibility index (Phi) is 6.23. The highest BCUT2D eigenvalue weighted by atomic mass is 16.5. The minimum atomic E-state index is -1.19. The molecule has 32 heavy (non-hydrogen) atoms.